The number of rotatable bonds is 8. The first-order chi connectivity index (χ1) is 16.4. The minimum atomic E-state index is 0.0914. The van der Waals surface area contributed by atoms with Crippen LogP contribution in [0.2, 0.25) is 0 Å². The molecule has 0 radical (unpaired) electrons. The number of allylic oxidation sites excluding steroid dienone is 7. The van der Waals surface area contributed by atoms with Crippen molar-refractivity contribution >= 4 is 33.6 Å². The molecule has 1 aromatic heterocycles. The summed E-state index contributed by atoms with van der Waals surface area (Å²) in [5.74, 6) is 1.06. The summed E-state index contributed by atoms with van der Waals surface area (Å²) in [5, 5.41) is 2.61. The number of aromatic amines is 1. The zero-order chi connectivity index (χ0) is 25.8. The number of nitrogens with one attached hydrogen (secondary N) is 1. The van der Waals surface area contributed by atoms with Gasteiger partial charge in [-0.15, -0.1) is 11.8 Å². The Balaban J connectivity index is 2.10. The lowest BCUT2D eigenvalue weighted by molar-refractivity contribution is 0.503. The van der Waals surface area contributed by atoms with Gasteiger partial charge in [-0.1, -0.05) is 103 Å². The van der Waals surface area contributed by atoms with Crippen LogP contribution in [-0.2, 0) is 6.42 Å². The maximum Gasteiger partial charge on any atom is 0.0465 e. The highest BCUT2D eigenvalue weighted by molar-refractivity contribution is 8.03. The van der Waals surface area contributed by atoms with E-state index in [1.54, 1.807) is 0 Å². The SMILES string of the molecule is C=C/C(=C\CC(/C=C(\C)C(C)(C)C)=C(/Cc1ccc2[nH]c3ccccc3c2c1)SCC)C(C)(C)C. The number of para-hydroxylation sites is 1. The molecule has 2 aromatic carbocycles. The van der Waals surface area contributed by atoms with Crippen molar-refractivity contribution in [2.75, 3.05) is 5.75 Å². The van der Waals surface area contributed by atoms with Gasteiger partial charge in [0.2, 0.25) is 0 Å². The van der Waals surface area contributed by atoms with Gasteiger partial charge in [0.15, 0.2) is 0 Å². The zero-order valence-corrected chi connectivity index (χ0v) is 23.8. The minimum absolute atomic E-state index is 0.0914. The highest BCUT2D eigenvalue weighted by atomic mass is 32.2. The zero-order valence-electron chi connectivity index (χ0n) is 23.0. The molecule has 3 rings (SSSR count). The molecule has 0 aliphatic rings. The fourth-order valence-corrected chi connectivity index (χ4v) is 5.21. The maximum atomic E-state index is 4.10. The molecule has 0 unspecified atom stereocenters. The topological polar surface area (TPSA) is 15.8 Å². The van der Waals surface area contributed by atoms with E-state index in [1.165, 1.54) is 49.0 Å². The molecular weight excluding hydrogens is 442 g/mol. The van der Waals surface area contributed by atoms with Crippen molar-refractivity contribution in [3.63, 3.8) is 0 Å². The molecule has 3 aromatic rings. The summed E-state index contributed by atoms with van der Waals surface area (Å²) in [4.78, 5) is 5.02. The second kappa shape index (κ2) is 11.1. The van der Waals surface area contributed by atoms with Gasteiger partial charge in [-0.3, -0.25) is 0 Å². The largest absolute Gasteiger partial charge is 0.355 e. The average Bonchev–Trinajstić information content (AvgIpc) is 3.15. The van der Waals surface area contributed by atoms with Crippen LogP contribution in [0.15, 0.2) is 88.9 Å². The number of hydrogen-bond acceptors (Lipinski definition) is 1. The van der Waals surface area contributed by atoms with Gasteiger partial charge in [0.1, 0.15) is 0 Å². The Morgan fingerprint density at radius 3 is 2.26 bits per heavy atom. The summed E-state index contributed by atoms with van der Waals surface area (Å²) in [6.07, 6.45) is 8.72. The van der Waals surface area contributed by atoms with Crippen molar-refractivity contribution in [3.8, 4) is 0 Å². The van der Waals surface area contributed by atoms with Crippen LogP contribution in [0.25, 0.3) is 21.8 Å². The van der Waals surface area contributed by atoms with Crippen molar-refractivity contribution in [2.24, 2.45) is 10.8 Å². The van der Waals surface area contributed by atoms with Gasteiger partial charge >= 0.3 is 0 Å². The summed E-state index contributed by atoms with van der Waals surface area (Å²) in [6, 6.07) is 15.5. The first-order valence-corrected chi connectivity index (χ1v) is 13.8. The second-order valence-electron chi connectivity index (χ2n) is 11.5. The standard InChI is InChI=1S/C33H43NS/c1-10-26(33(7,8)9)18-17-25(20-23(3)32(4,5)6)31(35-11-2)22-24-16-19-30-28(21-24)27-14-12-13-15-29(27)34-30/h10,12-16,18-21,34H,1,11,17,22H2,2-9H3/b23-20+,26-18+,31-25+. The molecule has 0 fully saturated rings. The number of H-pyrrole nitrogens is 1. The smallest absolute Gasteiger partial charge is 0.0465 e. The van der Waals surface area contributed by atoms with E-state index in [2.05, 4.69) is 122 Å². The first kappa shape index (κ1) is 27.1. The molecule has 0 aliphatic carbocycles. The minimum Gasteiger partial charge on any atom is -0.355 e. The van der Waals surface area contributed by atoms with Crippen molar-refractivity contribution in [2.45, 2.75) is 68.2 Å². The average molecular weight is 486 g/mol. The predicted octanol–water partition coefficient (Wildman–Crippen LogP) is 10.4. The lowest BCUT2D eigenvalue weighted by Crippen LogP contribution is -2.08. The van der Waals surface area contributed by atoms with Crippen LogP contribution in [0, 0.1) is 10.8 Å². The van der Waals surface area contributed by atoms with Crippen LogP contribution in [0.5, 0.6) is 0 Å². The van der Waals surface area contributed by atoms with E-state index in [4.69, 9.17) is 0 Å². The van der Waals surface area contributed by atoms with E-state index in [0.29, 0.717) is 0 Å². The van der Waals surface area contributed by atoms with Crippen LogP contribution >= 0.6 is 11.8 Å². The van der Waals surface area contributed by atoms with Crippen molar-refractivity contribution < 1.29 is 0 Å². The van der Waals surface area contributed by atoms with Gasteiger partial charge in [0, 0.05) is 28.2 Å². The molecule has 0 bridgehead atoms. The third-order valence-electron chi connectivity index (χ3n) is 6.81. The molecule has 0 atom stereocenters. The predicted molar refractivity (Wildman–Crippen MR) is 160 cm³/mol. The third kappa shape index (κ3) is 6.82. The quantitative estimate of drug-likeness (QED) is 0.314. The fraction of sp³-hybridized carbons (Fsp3) is 0.394. The van der Waals surface area contributed by atoms with E-state index in [9.17, 15) is 0 Å². The van der Waals surface area contributed by atoms with Crippen molar-refractivity contribution in [1.82, 2.24) is 4.98 Å². The van der Waals surface area contributed by atoms with Gasteiger partial charge in [0.05, 0.1) is 0 Å². The Bertz CT molecular complexity index is 1280. The monoisotopic (exact) mass is 485 g/mol. The van der Waals surface area contributed by atoms with Gasteiger partial charge < -0.3 is 4.98 Å². The molecule has 1 heterocycles. The van der Waals surface area contributed by atoms with Crippen molar-refractivity contribution in [3.05, 3.63) is 94.5 Å². The van der Waals surface area contributed by atoms with Gasteiger partial charge in [-0.2, -0.15) is 0 Å². The number of aromatic nitrogens is 1. The molecule has 0 aliphatic heterocycles. The Kier molecular flexibility index (Phi) is 8.59. The molecule has 1 N–H and O–H groups in total. The van der Waals surface area contributed by atoms with Crippen LogP contribution < -0.4 is 0 Å². The van der Waals surface area contributed by atoms with Crippen LogP contribution in [0.3, 0.4) is 0 Å². The van der Waals surface area contributed by atoms with Crippen molar-refractivity contribution in [1.29, 1.82) is 0 Å². The molecule has 0 amide bonds. The Hall–Kier alpha value is -2.45. The van der Waals surface area contributed by atoms with E-state index in [-0.39, 0.29) is 10.8 Å². The summed E-state index contributed by atoms with van der Waals surface area (Å²) in [5.41, 5.74) is 8.14. The van der Waals surface area contributed by atoms with Crippen LogP contribution in [0.4, 0.5) is 0 Å². The van der Waals surface area contributed by atoms with Crippen LogP contribution in [0.1, 0.15) is 67.4 Å². The first-order valence-electron chi connectivity index (χ1n) is 12.8. The summed E-state index contributed by atoms with van der Waals surface area (Å²) < 4.78 is 0. The van der Waals surface area contributed by atoms with E-state index in [1.807, 2.05) is 17.8 Å². The van der Waals surface area contributed by atoms with Gasteiger partial charge in [-0.05, 0) is 69.7 Å². The molecule has 2 heteroatoms. The summed E-state index contributed by atoms with van der Waals surface area (Å²) >= 11 is 1.98. The van der Waals surface area contributed by atoms with E-state index < -0.39 is 0 Å². The Morgan fingerprint density at radius 1 is 0.943 bits per heavy atom. The summed E-state index contributed by atoms with van der Waals surface area (Å²) in [6.45, 7) is 22.3. The van der Waals surface area contributed by atoms with E-state index in [0.717, 1.165) is 18.6 Å². The number of hydrogen-bond donors (Lipinski definition) is 1. The van der Waals surface area contributed by atoms with Gasteiger partial charge in [0.25, 0.3) is 0 Å². The normalized spacial score (nSPS) is 14.5. The Morgan fingerprint density at radius 2 is 1.63 bits per heavy atom. The molecule has 0 spiro atoms. The number of thioether (sulfide) groups is 1. The molecule has 35 heavy (non-hydrogen) atoms. The highest BCUT2D eigenvalue weighted by Crippen LogP contribution is 2.35. The lowest BCUT2D eigenvalue weighted by atomic mass is 9.84. The lowest BCUT2D eigenvalue weighted by Gasteiger charge is -2.23. The second-order valence-corrected chi connectivity index (χ2v) is 12.9. The molecule has 1 nitrogen and oxygen atoms in total. The number of fused-ring (bicyclic) bond motifs is 3. The molecule has 0 saturated heterocycles. The highest BCUT2D eigenvalue weighted by Gasteiger charge is 2.17. The number of benzene rings is 2. The summed E-state index contributed by atoms with van der Waals surface area (Å²) in [7, 11) is 0. The molecular formula is C33H43NS. The van der Waals surface area contributed by atoms with E-state index >= 15 is 0 Å². The maximum absolute atomic E-state index is 4.10. The van der Waals surface area contributed by atoms with Gasteiger partial charge in [-0.25, -0.2) is 0 Å². The molecule has 186 valence electrons. The molecule has 0 saturated carbocycles. The fourth-order valence-electron chi connectivity index (χ4n) is 4.27. The third-order valence-corrected chi connectivity index (χ3v) is 7.86. The Labute approximate surface area is 217 Å². The van der Waals surface area contributed by atoms with Crippen LogP contribution in [-0.4, -0.2) is 10.7 Å².